The number of benzene rings is 1. The molecule has 26 heavy (non-hydrogen) atoms. The van der Waals surface area contributed by atoms with Crippen LogP contribution < -0.4 is 10.6 Å². The summed E-state index contributed by atoms with van der Waals surface area (Å²) in [7, 11) is 0. The highest BCUT2D eigenvalue weighted by Crippen LogP contribution is 2.22. The summed E-state index contributed by atoms with van der Waals surface area (Å²) in [6.45, 7) is 10.7. The molecular formula is C20H30N4OS. The Morgan fingerprint density at radius 1 is 1.15 bits per heavy atom. The molecule has 0 amide bonds. The van der Waals surface area contributed by atoms with Gasteiger partial charge in [0.1, 0.15) is 5.76 Å². The maximum atomic E-state index is 5.43. The van der Waals surface area contributed by atoms with Crippen LogP contribution in [-0.4, -0.2) is 29.5 Å². The molecule has 0 saturated heterocycles. The van der Waals surface area contributed by atoms with Gasteiger partial charge >= 0.3 is 0 Å². The van der Waals surface area contributed by atoms with E-state index in [-0.39, 0.29) is 0 Å². The number of hydrogen-bond acceptors (Lipinski definition) is 4. The van der Waals surface area contributed by atoms with Crippen LogP contribution in [0.2, 0.25) is 0 Å². The summed E-state index contributed by atoms with van der Waals surface area (Å²) >= 11 is 1.86. The normalized spacial score (nSPS) is 12.8. The Kier molecular flexibility index (Phi) is 8.54. The molecule has 5 nitrogen and oxygen atoms in total. The highest BCUT2D eigenvalue weighted by atomic mass is 32.2. The molecule has 2 rings (SSSR count). The monoisotopic (exact) mass is 374 g/mol. The fourth-order valence-corrected chi connectivity index (χ4v) is 3.58. The van der Waals surface area contributed by atoms with Crippen molar-refractivity contribution >= 4 is 17.7 Å². The highest BCUT2D eigenvalue weighted by Gasteiger charge is 2.13. The lowest BCUT2D eigenvalue weighted by Crippen LogP contribution is -2.40. The van der Waals surface area contributed by atoms with E-state index in [1.165, 1.54) is 4.90 Å². The molecule has 0 aliphatic heterocycles. The van der Waals surface area contributed by atoms with Gasteiger partial charge in [-0.05, 0) is 25.5 Å². The molecule has 1 heterocycles. The lowest BCUT2D eigenvalue weighted by atomic mass is 10.1. The molecule has 0 aliphatic carbocycles. The zero-order valence-corrected chi connectivity index (χ0v) is 17.0. The molecule has 142 valence electrons. The van der Waals surface area contributed by atoms with Gasteiger partial charge in [0.2, 0.25) is 0 Å². The first-order chi connectivity index (χ1) is 12.7. The maximum absolute atomic E-state index is 5.43. The first kappa shape index (κ1) is 20.4. The van der Waals surface area contributed by atoms with Crippen LogP contribution in [0.3, 0.4) is 0 Å². The number of rotatable bonds is 9. The molecule has 6 heteroatoms. The lowest BCUT2D eigenvalue weighted by molar-refractivity contribution is 0.380. The summed E-state index contributed by atoms with van der Waals surface area (Å²) in [5.74, 6) is 1.77. The second-order valence-electron chi connectivity index (χ2n) is 6.06. The zero-order valence-electron chi connectivity index (χ0n) is 16.2. The van der Waals surface area contributed by atoms with Crippen molar-refractivity contribution in [3.8, 4) is 0 Å². The molecule has 2 N–H and O–H groups in total. The standard InChI is InChI=1S/C20H30N4OS/c1-5-18-17(19(6-2)25-24-18)14-23-20(21-7-3)22-13-15(4)26-16-11-9-8-10-12-16/h8-12,15H,5-7,13-14H2,1-4H3,(H2,21,22,23). The van der Waals surface area contributed by atoms with Gasteiger partial charge in [0.15, 0.2) is 5.96 Å². The van der Waals surface area contributed by atoms with Gasteiger partial charge in [-0.3, -0.25) is 0 Å². The first-order valence-corrected chi connectivity index (χ1v) is 10.3. The molecule has 0 saturated carbocycles. The number of guanidine groups is 1. The number of nitrogens with zero attached hydrogens (tertiary/aromatic N) is 2. The Morgan fingerprint density at radius 2 is 1.92 bits per heavy atom. The van der Waals surface area contributed by atoms with Crippen molar-refractivity contribution in [2.75, 3.05) is 13.1 Å². The molecular weight excluding hydrogens is 344 g/mol. The number of hydrogen-bond donors (Lipinski definition) is 2. The van der Waals surface area contributed by atoms with Crippen molar-refractivity contribution in [3.63, 3.8) is 0 Å². The SMILES string of the molecule is CCNC(=NCc1c(CC)noc1CC)NCC(C)Sc1ccccc1. The third kappa shape index (κ3) is 6.09. The maximum Gasteiger partial charge on any atom is 0.191 e. The van der Waals surface area contributed by atoms with Crippen molar-refractivity contribution < 1.29 is 4.52 Å². The summed E-state index contributed by atoms with van der Waals surface area (Å²) in [6.07, 6.45) is 1.70. The highest BCUT2D eigenvalue weighted by molar-refractivity contribution is 8.00. The molecule has 1 atom stereocenters. The van der Waals surface area contributed by atoms with Gasteiger partial charge in [0, 0.05) is 35.2 Å². The van der Waals surface area contributed by atoms with Crippen molar-refractivity contribution in [2.24, 2.45) is 4.99 Å². The molecule has 1 aromatic carbocycles. The molecule has 0 aliphatic rings. The van der Waals surface area contributed by atoms with Crippen molar-refractivity contribution in [3.05, 3.63) is 47.3 Å². The van der Waals surface area contributed by atoms with Crippen LogP contribution >= 0.6 is 11.8 Å². The van der Waals surface area contributed by atoms with Crippen LogP contribution in [0.5, 0.6) is 0 Å². The van der Waals surface area contributed by atoms with E-state index >= 15 is 0 Å². The topological polar surface area (TPSA) is 62.5 Å². The van der Waals surface area contributed by atoms with Gasteiger partial charge in [-0.2, -0.15) is 0 Å². The Hall–Kier alpha value is -1.95. The van der Waals surface area contributed by atoms with E-state index in [0.29, 0.717) is 11.8 Å². The molecule has 2 aromatic rings. The fraction of sp³-hybridized carbons (Fsp3) is 0.500. The van der Waals surface area contributed by atoms with Gasteiger partial charge in [0.05, 0.1) is 12.2 Å². The van der Waals surface area contributed by atoms with Crippen molar-refractivity contribution in [1.29, 1.82) is 0 Å². The van der Waals surface area contributed by atoms with Crippen LogP contribution in [0, 0.1) is 0 Å². The average molecular weight is 375 g/mol. The summed E-state index contributed by atoms with van der Waals surface area (Å²) in [5, 5.41) is 11.4. The van der Waals surface area contributed by atoms with Gasteiger partial charge in [-0.1, -0.05) is 44.1 Å². The fourth-order valence-electron chi connectivity index (χ4n) is 2.63. The Bertz CT molecular complexity index is 663. The number of aliphatic imine (C=N–C) groups is 1. The molecule has 0 bridgehead atoms. The molecule has 0 spiro atoms. The largest absolute Gasteiger partial charge is 0.361 e. The van der Waals surface area contributed by atoms with Crippen LogP contribution in [0.1, 0.15) is 44.7 Å². The third-order valence-corrected chi connectivity index (χ3v) is 5.10. The van der Waals surface area contributed by atoms with E-state index in [4.69, 9.17) is 9.52 Å². The quantitative estimate of drug-likeness (QED) is 0.394. The van der Waals surface area contributed by atoms with E-state index in [1.54, 1.807) is 0 Å². The molecule has 0 fully saturated rings. The predicted molar refractivity (Wildman–Crippen MR) is 110 cm³/mol. The Morgan fingerprint density at radius 3 is 2.58 bits per heavy atom. The second-order valence-corrected chi connectivity index (χ2v) is 7.57. The minimum Gasteiger partial charge on any atom is -0.361 e. The van der Waals surface area contributed by atoms with Gasteiger partial charge in [-0.15, -0.1) is 11.8 Å². The number of aromatic nitrogens is 1. The number of aryl methyl sites for hydroxylation is 2. The first-order valence-electron chi connectivity index (χ1n) is 9.38. The van der Waals surface area contributed by atoms with E-state index in [9.17, 15) is 0 Å². The van der Waals surface area contributed by atoms with Gasteiger partial charge in [0.25, 0.3) is 0 Å². The van der Waals surface area contributed by atoms with Crippen LogP contribution in [0.4, 0.5) is 0 Å². The summed E-state index contributed by atoms with van der Waals surface area (Å²) < 4.78 is 5.43. The minimum absolute atomic E-state index is 0.439. The Balaban J connectivity index is 1.95. The van der Waals surface area contributed by atoms with Crippen molar-refractivity contribution in [2.45, 2.75) is 57.2 Å². The van der Waals surface area contributed by atoms with Gasteiger partial charge in [-0.25, -0.2) is 4.99 Å². The smallest absolute Gasteiger partial charge is 0.191 e. The summed E-state index contributed by atoms with van der Waals surface area (Å²) in [6, 6.07) is 10.5. The third-order valence-electron chi connectivity index (χ3n) is 3.98. The zero-order chi connectivity index (χ0) is 18.8. The van der Waals surface area contributed by atoms with Crippen LogP contribution in [-0.2, 0) is 19.4 Å². The van der Waals surface area contributed by atoms with E-state index in [2.05, 4.69) is 67.8 Å². The molecule has 1 aromatic heterocycles. The van der Waals surface area contributed by atoms with Crippen LogP contribution in [0.25, 0.3) is 0 Å². The van der Waals surface area contributed by atoms with Crippen molar-refractivity contribution in [1.82, 2.24) is 15.8 Å². The average Bonchev–Trinajstić information content (AvgIpc) is 3.06. The van der Waals surface area contributed by atoms with Gasteiger partial charge < -0.3 is 15.2 Å². The number of nitrogens with one attached hydrogen (secondary N) is 2. The van der Waals surface area contributed by atoms with E-state index in [0.717, 1.165) is 48.9 Å². The predicted octanol–water partition coefficient (Wildman–Crippen LogP) is 4.04. The summed E-state index contributed by atoms with van der Waals surface area (Å²) in [4.78, 5) is 6.02. The van der Waals surface area contributed by atoms with Crippen LogP contribution in [0.15, 0.2) is 44.7 Å². The molecule has 0 radical (unpaired) electrons. The van der Waals surface area contributed by atoms with E-state index in [1.807, 2.05) is 17.8 Å². The lowest BCUT2D eigenvalue weighted by Gasteiger charge is -2.15. The second kappa shape index (κ2) is 10.9. The summed E-state index contributed by atoms with van der Waals surface area (Å²) in [5.41, 5.74) is 2.13. The molecule has 1 unspecified atom stereocenters. The minimum atomic E-state index is 0.439. The Labute approximate surface area is 161 Å². The van der Waals surface area contributed by atoms with E-state index < -0.39 is 0 Å². The number of thioether (sulfide) groups is 1.